The molecule has 0 aromatic carbocycles. The number of hydrogen-bond donors (Lipinski definition) is 1. The quantitative estimate of drug-likeness (QED) is 0.479. The molecule has 1 aliphatic rings. The second kappa shape index (κ2) is 6.12. The molecule has 118 valence electrons. The minimum Gasteiger partial charge on any atom is -0.414 e. The molecule has 1 rings (SSSR count). The van der Waals surface area contributed by atoms with Crippen LogP contribution >= 0.6 is 0 Å². The van der Waals surface area contributed by atoms with Crippen LogP contribution in [0.3, 0.4) is 0 Å². The normalized spacial score (nSPS) is 24.9. The fourth-order valence-electron chi connectivity index (χ4n) is 2.86. The van der Waals surface area contributed by atoms with Crippen molar-refractivity contribution in [3.05, 3.63) is 23.8 Å². The highest BCUT2D eigenvalue weighted by molar-refractivity contribution is 6.69. The molecule has 3 heteroatoms. The minimum absolute atomic E-state index is 0.0170. The Bertz CT molecular complexity index is 496. The van der Waals surface area contributed by atoms with E-state index in [9.17, 15) is 5.11 Å². The molecule has 1 unspecified atom stereocenters. The fraction of sp³-hybridized carbons (Fsp3) is 0.667. The van der Waals surface area contributed by atoms with Gasteiger partial charge in [-0.1, -0.05) is 37.8 Å². The molecule has 0 radical (unpaired) electrons. The molecule has 0 fully saturated rings. The van der Waals surface area contributed by atoms with E-state index in [2.05, 4.69) is 58.8 Å². The van der Waals surface area contributed by atoms with Crippen LogP contribution in [-0.4, -0.2) is 25.1 Å². The van der Waals surface area contributed by atoms with Gasteiger partial charge >= 0.3 is 0 Å². The molecule has 0 aliphatic heterocycles. The van der Waals surface area contributed by atoms with Crippen molar-refractivity contribution in [2.45, 2.75) is 71.9 Å². The summed E-state index contributed by atoms with van der Waals surface area (Å²) in [5.74, 6) is 6.13. The lowest BCUT2D eigenvalue weighted by molar-refractivity contribution is 0.133. The van der Waals surface area contributed by atoms with Gasteiger partial charge in [0.2, 0.25) is 0 Å². The van der Waals surface area contributed by atoms with Crippen molar-refractivity contribution in [2.75, 3.05) is 0 Å². The number of aliphatic hydroxyl groups is 1. The van der Waals surface area contributed by atoms with Gasteiger partial charge in [0.05, 0.1) is 0 Å². The summed E-state index contributed by atoms with van der Waals surface area (Å²) in [7, 11) is -1.52. The minimum atomic E-state index is -1.52. The highest BCUT2D eigenvalue weighted by Crippen LogP contribution is 2.41. The van der Waals surface area contributed by atoms with Crippen LogP contribution in [0.5, 0.6) is 0 Å². The fourth-order valence-corrected chi connectivity index (χ4v) is 4.03. The molecule has 2 nitrogen and oxygen atoms in total. The maximum absolute atomic E-state index is 9.98. The average molecular weight is 307 g/mol. The second-order valence-corrected chi connectivity index (χ2v) is 12.4. The number of rotatable bonds is 3. The number of hydrogen-bond acceptors (Lipinski definition) is 2. The van der Waals surface area contributed by atoms with E-state index in [0.717, 1.165) is 18.4 Å². The lowest BCUT2D eigenvalue weighted by Gasteiger charge is -2.39. The number of allylic oxidation sites excluding steroid dienone is 1. The van der Waals surface area contributed by atoms with E-state index in [1.54, 1.807) is 6.92 Å². The summed E-state index contributed by atoms with van der Waals surface area (Å²) in [6.45, 7) is 18.5. The van der Waals surface area contributed by atoms with Crippen molar-refractivity contribution < 1.29 is 9.53 Å². The summed E-state index contributed by atoms with van der Waals surface area (Å²) >= 11 is 0. The first kappa shape index (κ1) is 18.2. The summed E-state index contributed by atoms with van der Waals surface area (Å²) in [6, 6.07) is 0. The first-order valence-corrected chi connectivity index (χ1v) is 11.0. The van der Waals surface area contributed by atoms with E-state index in [0.29, 0.717) is 0 Å². The highest BCUT2D eigenvalue weighted by atomic mass is 28.4. The zero-order valence-electron chi connectivity index (χ0n) is 14.6. The smallest absolute Gasteiger partial charge is 0.184 e. The Hall–Kier alpha value is -0.823. The average Bonchev–Trinajstić information content (AvgIpc) is 2.24. The van der Waals surface area contributed by atoms with Crippen molar-refractivity contribution >= 4 is 8.32 Å². The molecular weight excluding hydrogens is 276 g/mol. The first-order valence-electron chi connectivity index (χ1n) is 7.63. The van der Waals surface area contributed by atoms with Gasteiger partial charge in [0, 0.05) is 11.7 Å². The third kappa shape index (κ3) is 5.46. The van der Waals surface area contributed by atoms with Crippen LogP contribution in [0.15, 0.2) is 23.8 Å². The van der Waals surface area contributed by atoms with Crippen molar-refractivity contribution in [1.29, 1.82) is 0 Å². The Morgan fingerprint density at radius 1 is 1.43 bits per heavy atom. The van der Waals surface area contributed by atoms with Gasteiger partial charge in [-0.2, -0.15) is 0 Å². The van der Waals surface area contributed by atoms with E-state index in [1.807, 2.05) is 0 Å². The summed E-state index contributed by atoms with van der Waals surface area (Å²) in [6.07, 6.45) is 3.68. The Morgan fingerprint density at radius 2 is 2.00 bits per heavy atom. The molecule has 0 spiro atoms. The van der Waals surface area contributed by atoms with Crippen molar-refractivity contribution in [3.63, 3.8) is 0 Å². The maximum atomic E-state index is 9.98. The highest BCUT2D eigenvalue weighted by Gasteiger charge is 2.35. The molecule has 1 N–H and O–H groups in total. The van der Waals surface area contributed by atoms with E-state index in [4.69, 9.17) is 4.43 Å². The molecule has 0 heterocycles. The second-order valence-electron chi connectivity index (χ2n) is 7.90. The molecule has 0 aromatic heterocycles. The Morgan fingerprint density at radius 3 is 2.43 bits per heavy atom. The van der Waals surface area contributed by atoms with Gasteiger partial charge in [-0.05, 0) is 57.8 Å². The van der Waals surface area contributed by atoms with Crippen LogP contribution in [0.1, 0.15) is 40.5 Å². The third-order valence-corrected chi connectivity index (χ3v) is 4.77. The van der Waals surface area contributed by atoms with Crippen molar-refractivity contribution in [3.8, 4) is 11.8 Å². The SMILES string of the molecule is C=C[C@@](C)(O)C#CC1=C(C)CC(O[Si](C)(C)C)CC1(C)C. The molecule has 2 atom stereocenters. The lowest BCUT2D eigenvalue weighted by atomic mass is 9.72. The Balaban J connectivity index is 3.05. The van der Waals surface area contributed by atoms with Crippen LogP contribution in [-0.2, 0) is 4.43 Å². The molecule has 0 aromatic rings. The zero-order chi connectivity index (χ0) is 16.5. The molecule has 21 heavy (non-hydrogen) atoms. The summed E-state index contributed by atoms with van der Waals surface area (Å²) in [5, 5.41) is 9.98. The van der Waals surface area contributed by atoms with Gasteiger partial charge in [0.15, 0.2) is 8.32 Å². The summed E-state index contributed by atoms with van der Waals surface area (Å²) < 4.78 is 6.29. The van der Waals surface area contributed by atoms with E-state index in [1.165, 1.54) is 11.6 Å². The lowest BCUT2D eigenvalue weighted by Crippen LogP contribution is -2.38. The van der Waals surface area contributed by atoms with Gasteiger partial charge in [0.25, 0.3) is 0 Å². The Labute approximate surface area is 131 Å². The standard InChI is InChI=1S/C18H30O2Si/c1-9-18(5,19)11-10-16-14(2)12-15(13-17(16,3)4)20-21(6,7)8/h9,15,19H,1,12-13H2,2-8H3/t15?,18-/m1/s1. The van der Waals surface area contributed by atoms with Gasteiger partial charge in [-0.15, -0.1) is 0 Å². The molecule has 1 aliphatic carbocycles. The van der Waals surface area contributed by atoms with Crippen LogP contribution < -0.4 is 0 Å². The van der Waals surface area contributed by atoms with Crippen LogP contribution in [0.25, 0.3) is 0 Å². The van der Waals surface area contributed by atoms with Gasteiger partial charge in [-0.3, -0.25) is 0 Å². The van der Waals surface area contributed by atoms with E-state index >= 15 is 0 Å². The summed E-state index contributed by atoms with van der Waals surface area (Å²) in [4.78, 5) is 0. The van der Waals surface area contributed by atoms with Crippen LogP contribution in [0, 0.1) is 17.3 Å². The molecule has 0 saturated carbocycles. The molecular formula is C18H30O2Si. The third-order valence-electron chi connectivity index (χ3n) is 3.73. The van der Waals surface area contributed by atoms with Gasteiger partial charge in [0.1, 0.15) is 5.60 Å². The van der Waals surface area contributed by atoms with Crippen molar-refractivity contribution in [2.24, 2.45) is 5.41 Å². The summed E-state index contributed by atoms with van der Waals surface area (Å²) in [5.41, 5.74) is 1.27. The van der Waals surface area contributed by atoms with Crippen molar-refractivity contribution in [1.82, 2.24) is 0 Å². The van der Waals surface area contributed by atoms with Gasteiger partial charge < -0.3 is 9.53 Å². The van der Waals surface area contributed by atoms with E-state index < -0.39 is 13.9 Å². The predicted octanol–water partition coefficient (Wildman–Crippen LogP) is 4.28. The largest absolute Gasteiger partial charge is 0.414 e. The zero-order valence-corrected chi connectivity index (χ0v) is 15.6. The molecule has 0 saturated heterocycles. The maximum Gasteiger partial charge on any atom is 0.184 e. The van der Waals surface area contributed by atoms with Gasteiger partial charge in [-0.25, -0.2) is 0 Å². The van der Waals surface area contributed by atoms with Crippen LogP contribution in [0.4, 0.5) is 0 Å². The Kier molecular flexibility index (Phi) is 5.31. The van der Waals surface area contributed by atoms with Crippen LogP contribution in [0.2, 0.25) is 19.6 Å². The predicted molar refractivity (Wildman–Crippen MR) is 92.5 cm³/mol. The molecule has 0 amide bonds. The molecule has 0 bridgehead atoms. The monoisotopic (exact) mass is 306 g/mol. The topological polar surface area (TPSA) is 29.5 Å². The van der Waals surface area contributed by atoms with E-state index in [-0.39, 0.29) is 11.5 Å². The first-order chi connectivity index (χ1) is 9.36.